The van der Waals surface area contributed by atoms with Crippen LogP contribution in [0.2, 0.25) is 0 Å². The van der Waals surface area contributed by atoms with Crippen LogP contribution in [-0.2, 0) is 14.4 Å². The SMILES string of the molecule is COc1ccc([C@@H]2[C@H](C(C)=O)C(=O)C[C@](C)(O)[C@@H]2C(C)=O)cc1. The van der Waals surface area contributed by atoms with Gasteiger partial charge in [0.05, 0.1) is 24.5 Å². The third kappa shape index (κ3) is 3.20. The molecule has 5 nitrogen and oxygen atoms in total. The lowest BCUT2D eigenvalue weighted by atomic mass is 9.60. The fourth-order valence-electron chi connectivity index (χ4n) is 3.73. The number of hydrogen-bond acceptors (Lipinski definition) is 5. The first-order valence-electron chi connectivity index (χ1n) is 7.59. The highest BCUT2D eigenvalue weighted by Crippen LogP contribution is 2.46. The number of ether oxygens (including phenoxy) is 1. The number of benzene rings is 1. The van der Waals surface area contributed by atoms with Crippen LogP contribution in [0.15, 0.2) is 24.3 Å². The molecule has 1 aromatic carbocycles. The zero-order valence-corrected chi connectivity index (χ0v) is 13.8. The second-order valence-electron chi connectivity index (χ2n) is 6.48. The number of ketones is 3. The maximum absolute atomic E-state index is 12.4. The molecule has 2 rings (SSSR count). The van der Waals surface area contributed by atoms with Crippen LogP contribution in [0, 0.1) is 11.8 Å². The smallest absolute Gasteiger partial charge is 0.146 e. The third-order valence-electron chi connectivity index (χ3n) is 4.64. The van der Waals surface area contributed by atoms with Crippen LogP contribution in [0.25, 0.3) is 0 Å². The minimum Gasteiger partial charge on any atom is -0.497 e. The van der Waals surface area contributed by atoms with Crippen LogP contribution in [-0.4, -0.2) is 35.2 Å². The molecular formula is C18H22O5. The van der Waals surface area contributed by atoms with Gasteiger partial charge in [-0.3, -0.25) is 14.4 Å². The van der Waals surface area contributed by atoms with Gasteiger partial charge in [0.15, 0.2) is 0 Å². The van der Waals surface area contributed by atoms with Gasteiger partial charge in [-0.05, 0) is 38.5 Å². The molecule has 0 saturated heterocycles. The highest BCUT2D eigenvalue weighted by atomic mass is 16.5. The molecule has 23 heavy (non-hydrogen) atoms. The molecule has 5 heteroatoms. The number of hydrogen-bond donors (Lipinski definition) is 1. The van der Waals surface area contributed by atoms with Gasteiger partial charge in [0.1, 0.15) is 23.1 Å². The zero-order chi connectivity index (χ0) is 17.4. The summed E-state index contributed by atoms with van der Waals surface area (Å²) in [6, 6.07) is 6.92. The Bertz CT molecular complexity index is 629. The zero-order valence-electron chi connectivity index (χ0n) is 13.8. The van der Waals surface area contributed by atoms with Crippen molar-refractivity contribution in [3.8, 4) is 5.75 Å². The molecule has 4 atom stereocenters. The molecule has 0 aliphatic heterocycles. The summed E-state index contributed by atoms with van der Waals surface area (Å²) < 4.78 is 5.12. The highest BCUT2D eigenvalue weighted by Gasteiger charge is 2.53. The number of Topliss-reactive ketones (excluding diaryl/α,β-unsaturated/α-hetero) is 3. The first-order chi connectivity index (χ1) is 10.7. The van der Waals surface area contributed by atoms with Crippen LogP contribution in [0.1, 0.15) is 38.7 Å². The molecule has 0 heterocycles. The Morgan fingerprint density at radius 1 is 1.17 bits per heavy atom. The number of methoxy groups -OCH3 is 1. The molecule has 0 spiro atoms. The van der Waals surface area contributed by atoms with Crippen LogP contribution in [0.4, 0.5) is 0 Å². The molecule has 1 aromatic rings. The average Bonchev–Trinajstić information content (AvgIpc) is 2.44. The van der Waals surface area contributed by atoms with Gasteiger partial charge in [0.25, 0.3) is 0 Å². The van der Waals surface area contributed by atoms with Crippen molar-refractivity contribution in [2.24, 2.45) is 11.8 Å². The monoisotopic (exact) mass is 318 g/mol. The Morgan fingerprint density at radius 2 is 1.74 bits per heavy atom. The maximum Gasteiger partial charge on any atom is 0.146 e. The first-order valence-corrected chi connectivity index (χ1v) is 7.59. The van der Waals surface area contributed by atoms with Gasteiger partial charge in [0, 0.05) is 12.3 Å². The standard InChI is InChI=1S/C18H22O5/c1-10(19)15-14(21)9-18(3,22)17(11(2)20)16(15)12-5-7-13(23-4)8-6-12/h5-8,15-17,22H,9H2,1-4H3/t15-,16-,17-,18+/m1/s1. The van der Waals surface area contributed by atoms with Crippen molar-refractivity contribution >= 4 is 17.3 Å². The fourth-order valence-corrected chi connectivity index (χ4v) is 3.73. The molecule has 0 radical (unpaired) electrons. The second kappa shape index (κ2) is 6.24. The lowest BCUT2D eigenvalue weighted by molar-refractivity contribution is -0.151. The van der Waals surface area contributed by atoms with E-state index >= 15 is 0 Å². The van der Waals surface area contributed by atoms with E-state index in [1.807, 2.05) is 0 Å². The van der Waals surface area contributed by atoms with E-state index < -0.39 is 23.4 Å². The second-order valence-corrected chi connectivity index (χ2v) is 6.48. The van der Waals surface area contributed by atoms with E-state index in [-0.39, 0.29) is 23.8 Å². The Kier molecular flexibility index (Phi) is 4.71. The Hall–Kier alpha value is -2.01. The van der Waals surface area contributed by atoms with Crippen LogP contribution >= 0.6 is 0 Å². The van der Waals surface area contributed by atoms with Crippen molar-refractivity contribution < 1.29 is 24.2 Å². The highest BCUT2D eigenvalue weighted by molar-refractivity contribution is 6.05. The van der Waals surface area contributed by atoms with E-state index in [0.29, 0.717) is 11.3 Å². The molecule has 1 aliphatic rings. The van der Waals surface area contributed by atoms with Gasteiger partial charge < -0.3 is 9.84 Å². The van der Waals surface area contributed by atoms with E-state index in [1.54, 1.807) is 31.4 Å². The molecule has 1 fully saturated rings. The van der Waals surface area contributed by atoms with Gasteiger partial charge in [0.2, 0.25) is 0 Å². The summed E-state index contributed by atoms with van der Waals surface area (Å²) >= 11 is 0. The molecule has 0 amide bonds. The Labute approximate surface area is 135 Å². The topological polar surface area (TPSA) is 80.7 Å². The van der Waals surface area contributed by atoms with Gasteiger partial charge >= 0.3 is 0 Å². The van der Waals surface area contributed by atoms with E-state index in [0.717, 1.165) is 0 Å². The molecule has 1 saturated carbocycles. The first kappa shape index (κ1) is 17.3. The van der Waals surface area contributed by atoms with Gasteiger partial charge in [-0.25, -0.2) is 0 Å². The predicted molar refractivity (Wildman–Crippen MR) is 84.3 cm³/mol. The van der Waals surface area contributed by atoms with E-state index in [4.69, 9.17) is 4.74 Å². The Morgan fingerprint density at radius 3 is 2.17 bits per heavy atom. The normalized spacial score (nSPS) is 30.8. The molecule has 1 N–H and O–H groups in total. The maximum atomic E-state index is 12.4. The van der Waals surface area contributed by atoms with Crippen molar-refractivity contribution in [3.63, 3.8) is 0 Å². The summed E-state index contributed by atoms with van der Waals surface area (Å²) in [7, 11) is 1.54. The van der Waals surface area contributed by atoms with Crippen molar-refractivity contribution in [3.05, 3.63) is 29.8 Å². The number of rotatable bonds is 4. The van der Waals surface area contributed by atoms with Crippen LogP contribution < -0.4 is 4.74 Å². The molecular weight excluding hydrogens is 296 g/mol. The number of aliphatic hydroxyl groups is 1. The predicted octanol–water partition coefficient (Wildman–Crippen LogP) is 1.91. The van der Waals surface area contributed by atoms with Gasteiger partial charge in [-0.1, -0.05) is 12.1 Å². The number of carbonyl (C=O) groups is 3. The van der Waals surface area contributed by atoms with E-state index in [2.05, 4.69) is 0 Å². The van der Waals surface area contributed by atoms with E-state index in [1.165, 1.54) is 20.8 Å². The summed E-state index contributed by atoms with van der Waals surface area (Å²) in [5, 5.41) is 10.6. The summed E-state index contributed by atoms with van der Waals surface area (Å²) in [5.74, 6) is -2.55. The van der Waals surface area contributed by atoms with Crippen molar-refractivity contribution in [1.29, 1.82) is 0 Å². The molecule has 1 aliphatic carbocycles. The van der Waals surface area contributed by atoms with Crippen molar-refractivity contribution in [1.82, 2.24) is 0 Å². The summed E-state index contributed by atoms with van der Waals surface area (Å²) in [4.78, 5) is 36.7. The number of carbonyl (C=O) groups excluding carboxylic acids is 3. The fraction of sp³-hybridized carbons (Fsp3) is 0.500. The van der Waals surface area contributed by atoms with Crippen LogP contribution in [0.5, 0.6) is 5.75 Å². The molecule has 0 aromatic heterocycles. The van der Waals surface area contributed by atoms with Crippen molar-refractivity contribution in [2.75, 3.05) is 7.11 Å². The lowest BCUT2D eigenvalue weighted by Crippen LogP contribution is -2.53. The van der Waals surface area contributed by atoms with Crippen molar-refractivity contribution in [2.45, 2.75) is 38.7 Å². The quantitative estimate of drug-likeness (QED) is 0.858. The van der Waals surface area contributed by atoms with Crippen LogP contribution in [0.3, 0.4) is 0 Å². The minimum absolute atomic E-state index is 0.186. The summed E-state index contributed by atoms with van der Waals surface area (Å²) in [5.41, 5.74) is -0.779. The molecule has 124 valence electrons. The van der Waals surface area contributed by atoms with E-state index in [9.17, 15) is 19.5 Å². The Balaban J connectivity index is 2.58. The molecule has 0 bridgehead atoms. The average molecular weight is 318 g/mol. The third-order valence-corrected chi connectivity index (χ3v) is 4.64. The van der Waals surface area contributed by atoms with Gasteiger partial charge in [-0.15, -0.1) is 0 Å². The molecule has 0 unspecified atom stereocenters. The lowest BCUT2D eigenvalue weighted by Gasteiger charge is -2.44. The largest absolute Gasteiger partial charge is 0.497 e. The minimum atomic E-state index is -1.46. The summed E-state index contributed by atoms with van der Waals surface area (Å²) in [6.45, 7) is 4.24. The summed E-state index contributed by atoms with van der Waals surface area (Å²) in [6.07, 6.45) is -0.186. The van der Waals surface area contributed by atoms with Gasteiger partial charge in [-0.2, -0.15) is 0 Å².